The summed E-state index contributed by atoms with van der Waals surface area (Å²) in [5, 5.41) is 6.91. The van der Waals surface area contributed by atoms with E-state index in [9.17, 15) is 9.59 Å². The van der Waals surface area contributed by atoms with Crippen molar-refractivity contribution in [2.24, 2.45) is 5.10 Å². The molecule has 0 fully saturated rings. The van der Waals surface area contributed by atoms with Crippen molar-refractivity contribution >= 4 is 41.2 Å². The average molecular weight is 440 g/mol. The van der Waals surface area contributed by atoms with E-state index >= 15 is 0 Å². The number of ether oxygens (including phenoxy) is 3. The Morgan fingerprint density at radius 1 is 0.966 bits per heavy atom. The van der Waals surface area contributed by atoms with Crippen LogP contribution in [0.1, 0.15) is 15.9 Å². The van der Waals surface area contributed by atoms with Gasteiger partial charge in [0.05, 0.1) is 44.1 Å². The minimum Gasteiger partial charge on any atom is -0.496 e. The summed E-state index contributed by atoms with van der Waals surface area (Å²) < 4.78 is 15.7. The van der Waals surface area contributed by atoms with Gasteiger partial charge in [-0.3, -0.25) is 9.59 Å². The SMILES string of the molecule is COc1cc(OC)c(OC)cc1/C=N\NC(=O)CNC(=O)c1ccc(Cl)c(Cl)c1. The molecule has 0 bridgehead atoms. The molecule has 0 radical (unpaired) electrons. The number of benzene rings is 2. The first-order chi connectivity index (χ1) is 13.9. The predicted molar refractivity (Wildman–Crippen MR) is 111 cm³/mol. The molecule has 2 aromatic carbocycles. The number of hydrogen-bond donors (Lipinski definition) is 2. The third-order valence-corrected chi connectivity index (χ3v) is 4.46. The van der Waals surface area contributed by atoms with Gasteiger partial charge in [0.1, 0.15) is 5.75 Å². The molecule has 0 heterocycles. The van der Waals surface area contributed by atoms with Crippen LogP contribution in [0.15, 0.2) is 35.4 Å². The van der Waals surface area contributed by atoms with Crippen LogP contribution in [0.4, 0.5) is 0 Å². The maximum Gasteiger partial charge on any atom is 0.259 e. The zero-order valence-corrected chi connectivity index (χ0v) is 17.4. The highest BCUT2D eigenvalue weighted by molar-refractivity contribution is 6.42. The quantitative estimate of drug-likeness (QED) is 0.486. The van der Waals surface area contributed by atoms with Gasteiger partial charge >= 0.3 is 0 Å². The molecule has 10 heteroatoms. The molecule has 154 valence electrons. The third-order valence-electron chi connectivity index (χ3n) is 3.72. The Hall–Kier alpha value is -2.97. The van der Waals surface area contributed by atoms with Crippen molar-refractivity contribution in [3.8, 4) is 17.2 Å². The van der Waals surface area contributed by atoms with E-state index in [4.69, 9.17) is 37.4 Å². The van der Waals surface area contributed by atoms with Crippen molar-refractivity contribution < 1.29 is 23.8 Å². The topological polar surface area (TPSA) is 98.2 Å². The molecule has 0 aromatic heterocycles. The number of rotatable bonds is 8. The van der Waals surface area contributed by atoms with Crippen molar-refractivity contribution in [2.75, 3.05) is 27.9 Å². The smallest absolute Gasteiger partial charge is 0.259 e. The van der Waals surface area contributed by atoms with Crippen LogP contribution < -0.4 is 25.0 Å². The molecule has 2 rings (SSSR count). The number of halogens is 2. The maximum absolute atomic E-state index is 12.0. The highest BCUT2D eigenvalue weighted by atomic mass is 35.5. The van der Waals surface area contributed by atoms with Gasteiger partial charge in [-0.2, -0.15) is 5.10 Å². The molecule has 29 heavy (non-hydrogen) atoms. The summed E-state index contributed by atoms with van der Waals surface area (Å²) in [6.45, 7) is -0.278. The molecular formula is C19H19Cl2N3O5. The predicted octanol–water partition coefficient (Wildman–Crippen LogP) is 2.90. The molecular weight excluding hydrogens is 421 g/mol. The molecule has 0 unspecified atom stereocenters. The second-order valence-electron chi connectivity index (χ2n) is 5.55. The maximum atomic E-state index is 12.0. The number of carbonyl (C=O) groups is 2. The number of carbonyl (C=O) groups excluding carboxylic acids is 2. The largest absolute Gasteiger partial charge is 0.496 e. The molecule has 0 spiro atoms. The van der Waals surface area contributed by atoms with Gasteiger partial charge in [0, 0.05) is 17.2 Å². The fourth-order valence-electron chi connectivity index (χ4n) is 2.27. The van der Waals surface area contributed by atoms with Crippen molar-refractivity contribution in [3.63, 3.8) is 0 Å². The van der Waals surface area contributed by atoms with Gasteiger partial charge in [-0.1, -0.05) is 23.2 Å². The van der Waals surface area contributed by atoms with Gasteiger partial charge in [-0.05, 0) is 24.3 Å². The Labute approximate surface area is 177 Å². The fourth-order valence-corrected chi connectivity index (χ4v) is 2.57. The van der Waals surface area contributed by atoms with Gasteiger partial charge in [-0.15, -0.1) is 0 Å². The van der Waals surface area contributed by atoms with Crippen molar-refractivity contribution in [2.45, 2.75) is 0 Å². The summed E-state index contributed by atoms with van der Waals surface area (Å²) in [6, 6.07) is 7.71. The van der Waals surface area contributed by atoms with E-state index in [1.165, 1.54) is 45.7 Å². The molecule has 0 aliphatic rings. The Balaban J connectivity index is 1.95. The van der Waals surface area contributed by atoms with Crippen LogP contribution in [-0.2, 0) is 4.79 Å². The first kappa shape index (κ1) is 22.3. The number of nitrogens with zero attached hydrogens (tertiary/aromatic N) is 1. The molecule has 8 nitrogen and oxygen atoms in total. The number of amides is 2. The average Bonchev–Trinajstić information content (AvgIpc) is 2.73. The molecule has 0 atom stereocenters. The van der Waals surface area contributed by atoms with Crippen molar-refractivity contribution in [1.82, 2.24) is 10.7 Å². The van der Waals surface area contributed by atoms with E-state index in [0.717, 1.165) is 0 Å². The fraction of sp³-hybridized carbons (Fsp3) is 0.211. The van der Waals surface area contributed by atoms with Crippen LogP contribution >= 0.6 is 23.2 Å². The summed E-state index contributed by atoms with van der Waals surface area (Å²) in [4.78, 5) is 24.0. The van der Waals surface area contributed by atoms with Gasteiger partial charge in [0.15, 0.2) is 11.5 Å². The Kier molecular flexibility index (Phi) is 8.11. The van der Waals surface area contributed by atoms with E-state index in [2.05, 4.69) is 15.8 Å². The zero-order valence-electron chi connectivity index (χ0n) is 15.9. The first-order valence-corrected chi connectivity index (χ1v) is 9.00. The minimum atomic E-state index is -0.519. The lowest BCUT2D eigenvalue weighted by molar-refractivity contribution is -0.120. The van der Waals surface area contributed by atoms with Gasteiger partial charge in [0.25, 0.3) is 11.8 Å². The van der Waals surface area contributed by atoms with Crippen LogP contribution in [0.5, 0.6) is 17.2 Å². The highest BCUT2D eigenvalue weighted by Gasteiger charge is 2.11. The van der Waals surface area contributed by atoms with Gasteiger partial charge < -0.3 is 19.5 Å². The summed E-state index contributed by atoms with van der Waals surface area (Å²) in [5.74, 6) is 0.470. The number of hydrogen-bond acceptors (Lipinski definition) is 6. The molecule has 2 aromatic rings. The molecule has 2 N–H and O–H groups in total. The lowest BCUT2D eigenvalue weighted by atomic mass is 10.2. The van der Waals surface area contributed by atoms with Crippen molar-refractivity contribution in [3.05, 3.63) is 51.5 Å². The number of methoxy groups -OCH3 is 3. The third kappa shape index (κ3) is 6.00. The number of hydrazone groups is 1. The molecule has 0 aliphatic carbocycles. The standard InChI is InChI=1S/C19H19Cl2N3O5/c1-27-15-8-17(29-3)16(28-2)7-12(15)9-23-24-18(25)10-22-19(26)11-4-5-13(20)14(21)6-11/h4-9H,10H2,1-3H3,(H,22,26)(H,24,25)/b23-9-. The van der Waals surface area contributed by atoms with Crippen LogP contribution in [-0.4, -0.2) is 45.9 Å². The summed E-state index contributed by atoms with van der Waals surface area (Å²) in [6.07, 6.45) is 1.39. The summed E-state index contributed by atoms with van der Waals surface area (Å²) in [5.41, 5.74) is 3.16. The lowest BCUT2D eigenvalue weighted by Crippen LogP contribution is -2.34. The first-order valence-electron chi connectivity index (χ1n) is 8.24. The summed E-state index contributed by atoms with van der Waals surface area (Å²) in [7, 11) is 4.51. The van der Waals surface area contributed by atoms with Crippen LogP contribution in [0.25, 0.3) is 0 Å². The molecule has 0 saturated heterocycles. The number of nitrogens with one attached hydrogen (secondary N) is 2. The Bertz CT molecular complexity index is 934. The van der Waals surface area contributed by atoms with Crippen LogP contribution in [0.3, 0.4) is 0 Å². The molecule has 0 saturated carbocycles. The van der Waals surface area contributed by atoms with E-state index in [0.29, 0.717) is 27.8 Å². The summed E-state index contributed by atoms with van der Waals surface area (Å²) >= 11 is 11.7. The Morgan fingerprint density at radius 3 is 2.24 bits per heavy atom. The lowest BCUT2D eigenvalue weighted by Gasteiger charge is -2.11. The van der Waals surface area contributed by atoms with E-state index in [1.807, 2.05) is 0 Å². The second kappa shape index (κ2) is 10.5. The van der Waals surface area contributed by atoms with Crippen molar-refractivity contribution in [1.29, 1.82) is 0 Å². The van der Waals surface area contributed by atoms with Crippen LogP contribution in [0, 0.1) is 0 Å². The van der Waals surface area contributed by atoms with Gasteiger partial charge in [0.2, 0.25) is 0 Å². The monoisotopic (exact) mass is 439 g/mol. The minimum absolute atomic E-state index is 0.247. The molecule has 0 aliphatic heterocycles. The van der Waals surface area contributed by atoms with Crippen LogP contribution in [0.2, 0.25) is 10.0 Å². The van der Waals surface area contributed by atoms with E-state index in [1.54, 1.807) is 12.1 Å². The Morgan fingerprint density at radius 2 is 1.62 bits per heavy atom. The normalized spacial score (nSPS) is 10.5. The second-order valence-corrected chi connectivity index (χ2v) is 6.37. The van der Waals surface area contributed by atoms with Gasteiger partial charge in [-0.25, -0.2) is 5.43 Å². The molecule has 2 amide bonds. The van der Waals surface area contributed by atoms with E-state index < -0.39 is 11.8 Å². The zero-order chi connectivity index (χ0) is 21.4. The van der Waals surface area contributed by atoms with E-state index in [-0.39, 0.29) is 17.1 Å². The highest BCUT2D eigenvalue weighted by Crippen LogP contribution is 2.33.